The summed E-state index contributed by atoms with van der Waals surface area (Å²) in [5.41, 5.74) is 0.606. The molecule has 0 radical (unpaired) electrons. The average molecular weight is 561 g/mol. The molecule has 0 bridgehead atoms. The van der Waals surface area contributed by atoms with E-state index in [1.165, 1.54) is 29.1 Å². The molecule has 8 heteroatoms. The molecule has 0 N–H and O–H groups in total. The van der Waals surface area contributed by atoms with E-state index in [9.17, 15) is 8.78 Å². The zero-order chi connectivity index (χ0) is 20.7. The van der Waals surface area contributed by atoms with E-state index >= 15 is 0 Å². The minimum absolute atomic E-state index is 0.0399. The molecule has 28 heavy (non-hydrogen) atoms. The summed E-state index contributed by atoms with van der Waals surface area (Å²) in [6.07, 6.45) is 0. The van der Waals surface area contributed by atoms with Crippen molar-refractivity contribution in [2.45, 2.75) is 26.8 Å². The van der Waals surface area contributed by atoms with E-state index in [0.29, 0.717) is 23.8 Å². The summed E-state index contributed by atoms with van der Waals surface area (Å²) in [7, 11) is 1.25. The fourth-order valence-corrected chi connectivity index (χ4v) is 2.49. The van der Waals surface area contributed by atoms with Gasteiger partial charge in [-0.1, -0.05) is 57.2 Å². The summed E-state index contributed by atoms with van der Waals surface area (Å²) in [5, 5.41) is 0. The molecule has 0 spiro atoms. The van der Waals surface area contributed by atoms with Crippen molar-refractivity contribution in [2.75, 3.05) is 6.61 Å². The van der Waals surface area contributed by atoms with Crippen molar-refractivity contribution < 1.29 is 24.4 Å². The van der Waals surface area contributed by atoms with Crippen LogP contribution >= 0.6 is 28.5 Å². The Morgan fingerprint density at radius 1 is 1.07 bits per heavy atom. The van der Waals surface area contributed by atoms with Gasteiger partial charge in [0.05, 0.1) is 6.04 Å². The number of benzene rings is 2. The number of aliphatic imine (C=N–C) groups is 2. The maximum absolute atomic E-state index is 14.1. The molecule has 0 saturated heterocycles. The normalized spacial score (nSPS) is 16.9. The molecule has 3 rings (SSSR count). The Labute approximate surface area is 184 Å². The molecule has 2 aromatic rings. The van der Waals surface area contributed by atoms with E-state index in [0.717, 1.165) is 0 Å². The van der Waals surface area contributed by atoms with Gasteiger partial charge in [-0.05, 0) is 17.5 Å². The zero-order valence-corrected chi connectivity index (χ0v) is 19.7. The molecule has 0 aromatic heterocycles. The summed E-state index contributed by atoms with van der Waals surface area (Å²) in [6, 6.07) is 12.8. The van der Waals surface area contributed by atoms with E-state index in [-0.39, 0.29) is 17.1 Å². The molecule has 2 aromatic carbocycles. The number of nitrogens with zero attached hydrogens (tertiary/aromatic N) is 2. The molecule has 1 atom stereocenters. The van der Waals surface area contributed by atoms with Crippen LogP contribution in [0.25, 0.3) is 0 Å². The van der Waals surface area contributed by atoms with Crippen LogP contribution in [0.3, 0.4) is 0 Å². The van der Waals surface area contributed by atoms with Crippen LogP contribution in [0, 0.1) is 17.0 Å². The second kappa shape index (κ2) is 10.6. The van der Waals surface area contributed by atoms with Crippen LogP contribution in [0.2, 0.25) is 0 Å². The molecular weight excluding hydrogens is 541 g/mol. The second-order valence-electron chi connectivity index (χ2n) is 7.07. The molecule has 0 fully saturated rings. The summed E-state index contributed by atoms with van der Waals surface area (Å²) in [4.78, 5) is 8.85. The summed E-state index contributed by atoms with van der Waals surface area (Å²) >= 11 is 6.00. The molecule has 3 nitrogen and oxygen atoms in total. The number of hydrogen-bond acceptors (Lipinski definition) is 3. The third-order valence-corrected chi connectivity index (χ3v) is 4.06. The Morgan fingerprint density at radius 2 is 1.64 bits per heavy atom. The van der Waals surface area contributed by atoms with Crippen LogP contribution in [-0.4, -0.2) is 24.3 Å². The molecule has 0 aliphatic carbocycles. The summed E-state index contributed by atoms with van der Waals surface area (Å²) < 4.78 is 33.8. The van der Waals surface area contributed by atoms with Crippen molar-refractivity contribution in [3.05, 3.63) is 65.7 Å². The molecule has 1 aliphatic heterocycles. The van der Waals surface area contributed by atoms with E-state index in [1.807, 2.05) is 30.3 Å². The number of ether oxygens (including phenoxy) is 1. The van der Waals surface area contributed by atoms with Gasteiger partial charge in [-0.25, -0.2) is 18.8 Å². The van der Waals surface area contributed by atoms with Gasteiger partial charge in [0.15, 0.2) is 11.6 Å². The van der Waals surface area contributed by atoms with Gasteiger partial charge in [-0.15, -0.1) is 0 Å². The van der Waals surface area contributed by atoms with Gasteiger partial charge in [0.25, 0.3) is 0 Å². The minimum atomic E-state index is -0.723. The van der Waals surface area contributed by atoms with Crippen LogP contribution in [0.15, 0.2) is 58.5 Å². The van der Waals surface area contributed by atoms with Crippen LogP contribution in [0.4, 0.5) is 14.5 Å². The third-order valence-electron chi connectivity index (χ3n) is 4.06. The van der Waals surface area contributed by atoms with Gasteiger partial charge in [0.2, 0.25) is 5.90 Å². The quantitative estimate of drug-likeness (QED) is 0.307. The van der Waals surface area contributed by atoms with Gasteiger partial charge in [-0.3, -0.25) is 0 Å². The summed E-state index contributed by atoms with van der Waals surface area (Å²) in [6.45, 7) is 6.64. The van der Waals surface area contributed by atoms with Crippen molar-refractivity contribution in [1.29, 1.82) is 0 Å². The second-order valence-corrected chi connectivity index (χ2v) is 12.1. The first-order valence-corrected chi connectivity index (χ1v) is 13.3. The van der Waals surface area contributed by atoms with Gasteiger partial charge < -0.3 is 4.74 Å². The van der Waals surface area contributed by atoms with Crippen molar-refractivity contribution in [3.63, 3.8) is 0 Å². The fourth-order valence-electron chi connectivity index (χ4n) is 2.49. The Kier molecular flexibility index (Phi) is 8.78. The van der Waals surface area contributed by atoms with Gasteiger partial charge in [0.1, 0.15) is 18.0 Å². The van der Waals surface area contributed by atoms with E-state index in [2.05, 4.69) is 59.2 Å². The molecule has 154 valence electrons. The van der Waals surface area contributed by atoms with Gasteiger partial charge >= 0.3 is 39.3 Å². The molecule has 0 amide bonds. The number of para-hydroxylation sites is 1. The predicted molar refractivity (Wildman–Crippen MR) is 113 cm³/mol. The third kappa shape index (κ3) is 6.20. The number of halogens is 4. The molecule has 0 saturated carbocycles. The maximum atomic E-state index is 14.1. The van der Waals surface area contributed by atoms with E-state index < -0.39 is 11.6 Å². The molecule has 1 aliphatic rings. The van der Waals surface area contributed by atoms with Gasteiger partial charge in [-0.2, -0.15) is 0 Å². The van der Waals surface area contributed by atoms with Crippen molar-refractivity contribution in [2.24, 2.45) is 15.4 Å². The van der Waals surface area contributed by atoms with Crippen molar-refractivity contribution >= 4 is 45.7 Å². The summed E-state index contributed by atoms with van der Waals surface area (Å²) in [5.74, 6) is -1.13. The van der Waals surface area contributed by atoms with Crippen LogP contribution in [0.5, 0.6) is 0 Å². The zero-order valence-electron chi connectivity index (χ0n) is 15.5. The predicted octanol–water partition coefficient (Wildman–Crippen LogP) is 6.62. The van der Waals surface area contributed by atoms with Crippen LogP contribution in [-0.2, 0) is 15.6 Å². The Morgan fingerprint density at radius 3 is 2.14 bits per heavy atom. The van der Waals surface area contributed by atoms with Crippen molar-refractivity contribution in [3.8, 4) is 0 Å². The Balaban J connectivity index is 0.000000878. The molecule has 0 unspecified atom stereocenters. The molecular formula is C20H20Br2F2N2NiO. The fraction of sp³-hybridized carbons (Fsp3) is 0.300. The van der Waals surface area contributed by atoms with Crippen molar-refractivity contribution in [1.82, 2.24) is 0 Å². The van der Waals surface area contributed by atoms with Gasteiger partial charge in [0, 0.05) is 5.56 Å². The average Bonchev–Trinajstić information content (AvgIpc) is 3.13. The standard InChI is InChI=1S/C20H20F2N2O.2BrH.Ni/c1-20(2,3)16-12-25-19(23-16)17(13-8-5-4-6-9-13)24-18-14(21)10-7-11-15(18)22;;;/h4-11,16H,12H2,1-3H3;2*1H;/q;;;+2/p-2/t16-;;;/m1.../s1. The van der Waals surface area contributed by atoms with E-state index in [4.69, 9.17) is 4.74 Å². The monoisotopic (exact) mass is 558 g/mol. The Hall–Kier alpha value is -1.11. The first kappa shape index (κ1) is 23.2. The van der Waals surface area contributed by atoms with E-state index in [1.54, 1.807) is 0 Å². The number of hydrogen-bond donors (Lipinski definition) is 0. The van der Waals surface area contributed by atoms with Crippen LogP contribution in [0.1, 0.15) is 26.3 Å². The first-order chi connectivity index (χ1) is 13.3. The SMILES string of the molecule is CC(C)(C)[C@H]1COC(C(=Nc2c(F)cccc2F)c2ccccc2)=N1.[Br][Ni][Br]. The Bertz CT molecular complexity index is 835. The van der Waals surface area contributed by atoms with Crippen LogP contribution < -0.4 is 0 Å². The first-order valence-electron chi connectivity index (χ1n) is 8.39. The topological polar surface area (TPSA) is 34.0 Å². The molecule has 1 heterocycles. The number of rotatable bonds is 3.